The van der Waals surface area contributed by atoms with Gasteiger partial charge in [-0.25, -0.2) is 0 Å². The number of para-hydroxylation sites is 4. The quantitative estimate of drug-likeness (QED) is 0.144. The molecular weight excluding hydrogens is 885 g/mol. The molecule has 4 nitrogen and oxygen atoms in total. The molecule has 0 N–H and O–H groups in total. The minimum absolute atomic E-state index is 0.0951. The first kappa shape index (κ1) is 35.9. The van der Waals surface area contributed by atoms with Crippen LogP contribution in [0.5, 0.6) is 0 Å². The molecule has 0 atom stereocenters. The van der Waals surface area contributed by atoms with Crippen molar-refractivity contribution in [2.45, 2.75) is 0 Å². The number of anilines is 6. The molecule has 14 rings (SSSR count). The Morgan fingerprint density at radius 1 is 0.324 bits per heavy atom. The van der Waals surface area contributed by atoms with Crippen LogP contribution >= 0.6 is 11.3 Å². The van der Waals surface area contributed by atoms with Crippen molar-refractivity contribution in [3.8, 4) is 33.4 Å². The van der Waals surface area contributed by atoms with Crippen LogP contribution in [0.1, 0.15) is 6.85 Å². The molecule has 0 spiro atoms. The second-order valence-corrected chi connectivity index (χ2v) is 18.8. The van der Waals surface area contributed by atoms with Gasteiger partial charge in [0, 0.05) is 76.1 Å². The number of rotatable bonds is 9. The van der Waals surface area contributed by atoms with Gasteiger partial charge in [-0.15, -0.1) is 11.3 Å². The fourth-order valence-corrected chi connectivity index (χ4v) is 11.3. The second kappa shape index (κ2) is 16.8. The summed E-state index contributed by atoms with van der Waals surface area (Å²) in [4.78, 5) is 4.67. The Morgan fingerprint density at radius 2 is 0.873 bits per heavy atom. The molecule has 0 radical (unpaired) electrons. The van der Waals surface area contributed by atoms with Crippen LogP contribution < -0.4 is 9.80 Å². The fraction of sp³-hybridized carbons (Fsp3) is 0. The number of thiophene rings is 1. The fourth-order valence-electron chi connectivity index (χ4n) is 10.2. The third kappa shape index (κ3) is 7.05. The Labute approximate surface area is 421 Å². The molecule has 0 unspecified atom stereocenters. The molecule has 0 saturated carbocycles. The van der Waals surface area contributed by atoms with Gasteiger partial charge in [-0.1, -0.05) is 158 Å². The van der Waals surface area contributed by atoms with E-state index >= 15 is 0 Å². The smallest absolute Gasteiger partial charge is 0.143 e. The zero-order chi connectivity index (χ0) is 51.2. The third-order valence-electron chi connectivity index (χ3n) is 13.5. The lowest BCUT2D eigenvalue weighted by atomic mass is 9.94. The van der Waals surface area contributed by atoms with Gasteiger partial charge in [-0.3, -0.25) is 0 Å². The Balaban J connectivity index is 0.964. The van der Waals surface area contributed by atoms with Crippen LogP contribution in [-0.2, 0) is 0 Å². The molecule has 0 bridgehead atoms. The van der Waals surface area contributed by atoms with Gasteiger partial charge < -0.3 is 18.6 Å². The number of hydrogen-bond donors (Lipinski definition) is 0. The summed E-state index contributed by atoms with van der Waals surface area (Å²) < 4.78 is 58.7. The summed E-state index contributed by atoms with van der Waals surface area (Å²) in [5.74, 6) is 0. The van der Waals surface area contributed by atoms with Crippen molar-refractivity contribution in [2.75, 3.05) is 9.80 Å². The lowest BCUT2D eigenvalue weighted by Crippen LogP contribution is -2.17. The maximum absolute atomic E-state index is 8.96. The van der Waals surface area contributed by atoms with E-state index in [-0.39, 0.29) is 17.6 Å². The highest BCUT2D eigenvalue weighted by Crippen LogP contribution is 2.49. The number of furan rings is 2. The lowest BCUT2D eigenvalue weighted by molar-refractivity contribution is 0.669. The van der Waals surface area contributed by atoms with E-state index in [4.69, 9.17) is 15.7 Å². The Morgan fingerprint density at radius 3 is 1.61 bits per heavy atom. The first-order valence-corrected chi connectivity index (χ1v) is 24.4. The topological polar surface area (TPSA) is 32.8 Å². The van der Waals surface area contributed by atoms with Gasteiger partial charge in [0.05, 0.1) is 18.2 Å². The molecule has 0 aliphatic rings. The van der Waals surface area contributed by atoms with Gasteiger partial charge in [-0.05, 0) is 119 Å². The van der Waals surface area contributed by atoms with Crippen LogP contribution in [0.4, 0.5) is 34.1 Å². The summed E-state index contributed by atoms with van der Waals surface area (Å²) in [6, 6.07) is 76.0. The first-order chi connectivity index (χ1) is 37.3. The minimum Gasteiger partial charge on any atom is -0.456 e. The van der Waals surface area contributed by atoms with Crippen molar-refractivity contribution in [3.05, 3.63) is 255 Å². The molecule has 5 heteroatoms. The molecule has 3 heterocycles. The van der Waals surface area contributed by atoms with E-state index in [1.807, 2.05) is 54.6 Å². The highest BCUT2D eigenvalue weighted by Gasteiger charge is 2.25. The molecule has 11 aromatic carbocycles. The monoisotopic (exact) mass is 931 g/mol. The molecule has 0 aliphatic heterocycles. The van der Waals surface area contributed by atoms with E-state index in [2.05, 4.69) is 180 Å². The van der Waals surface area contributed by atoms with Crippen LogP contribution in [0, 0.1) is 0 Å². The van der Waals surface area contributed by atoms with Gasteiger partial charge >= 0.3 is 0 Å². The summed E-state index contributed by atoms with van der Waals surface area (Å²) in [7, 11) is 0. The minimum atomic E-state index is -0.441. The van der Waals surface area contributed by atoms with Crippen LogP contribution in [-0.4, -0.2) is 0 Å². The molecule has 0 amide bonds. The van der Waals surface area contributed by atoms with Crippen molar-refractivity contribution in [1.82, 2.24) is 0 Å². The van der Waals surface area contributed by atoms with E-state index in [9.17, 15) is 0 Å². The van der Waals surface area contributed by atoms with Gasteiger partial charge in [0.25, 0.3) is 0 Å². The van der Waals surface area contributed by atoms with E-state index < -0.39 is 18.1 Å². The van der Waals surface area contributed by atoms with Crippen LogP contribution in [0.3, 0.4) is 0 Å². The van der Waals surface area contributed by atoms with Crippen LogP contribution in [0.15, 0.2) is 264 Å². The molecule has 0 saturated heterocycles. The first-order valence-electron chi connectivity index (χ1n) is 26.1. The van der Waals surface area contributed by atoms with Crippen LogP contribution in [0.25, 0.3) is 97.4 Å². The number of hydrogen-bond acceptors (Lipinski definition) is 5. The van der Waals surface area contributed by atoms with Crippen molar-refractivity contribution < 1.29 is 15.7 Å². The largest absolute Gasteiger partial charge is 0.456 e. The van der Waals surface area contributed by atoms with E-state index in [1.165, 1.54) is 20.2 Å². The highest BCUT2D eigenvalue weighted by molar-refractivity contribution is 7.25. The standard InChI is InChI=1S/C66H42N2O2S/c1-4-16-45(17-5-1)57-38-47(39-58-53-23-11-14-26-62(53)70-66(57)58)44-30-28-43(29-31-44)46-32-37-59(67(48-18-6-2-7-19-48)50-33-35-54-52-22-10-13-25-61(52)69-63(54)41-50)60(40-46)68(49-20-8-3-9-21-49)51-34-36-56-55-24-12-15-27-64(55)71-65(56)42-51/h1-42H/i1D,4D,5D,16D,17D. The summed E-state index contributed by atoms with van der Waals surface area (Å²) in [6.07, 6.45) is 0. The Hall–Kier alpha value is -9.16. The van der Waals surface area contributed by atoms with Gasteiger partial charge in [-0.2, -0.15) is 0 Å². The molecule has 71 heavy (non-hydrogen) atoms. The van der Waals surface area contributed by atoms with Crippen molar-refractivity contribution in [1.29, 1.82) is 0 Å². The molecule has 0 fully saturated rings. The zero-order valence-electron chi connectivity index (χ0n) is 43.0. The molecule has 3 aromatic heterocycles. The summed E-state index contributed by atoms with van der Waals surface area (Å²) >= 11 is 1.80. The number of benzene rings is 11. The predicted molar refractivity (Wildman–Crippen MR) is 300 cm³/mol. The maximum atomic E-state index is 8.96. The summed E-state index contributed by atoms with van der Waals surface area (Å²) in [6.45, 7) is 0. The SMILES string of the molecule is [2H]c1c([2H])c([2H])c(-c2cc(-c3ccc(-c4ccc(N(c5ccccc5)c5ccc6c(c5)oc5ccccc56)c(N(c5ccccc5)c5ccc6c(c5)sc5ccccc56)c4)cc3)cc3c2oc2ccccc23)c([2H])c1[2H]. The maximum Gasteiger partial charge on any atom is 0.143 e. The van der Waals surface area contributed by atoms with Crippen molar-refractivity contribution in [2.24, 2.45) is 0 Å². The molecule has 14 aromatic rings. The Bertz CT molecular complexity index is 4580. The zero-order valence-corrected chi connectivity index (χ0v) is 38.8. The van der Waals surface area contributed by atoms with E-state index in [0.717, 1.165) is 89.1 Å². The summed E-state index contributed by atoms with van der Waals surface area (Å²) in [5, 5.41) is 6.24. The third-order valence-corrected chi connectivity index (χ3v) is 14.7. The Kier molecular flexibility index (Phi) is 8.50. The summed E-state index contributed by atoms with van der Waals surface area (Å²) in [5.41, 5.74) is 12.8. The van der Waals surface area contributed by atoms with Gasteiger partial charge in [0.2, 0.25) is 0 Å². The van der Waals surface area contributed by atoms with Crippen molar-refractivity contribution >= 4 is 110 Å². The predicted octanol–water partition coefficient (Wildman–Crippen LogP) is 19.8. The number of nitrogens with zero attached hydrogens (tertiary/aromatic N) is 2. The van der Waals surface area contributed by atoms with Gasteiger partial charge in [0.15, 0.2) is 0 Å². The van der Waals surface area contributed by atoms with E-state index in [0.29, 0.717) is 16.7 Å². The average molecular weight is 932 g/mol. The molecule has 334 valence electrons. The molecular formula is C66H42N2O2S. The normalized spacial score (nSPS) is 12.6. The van der Waals surface area contributed by atoms with E-state index in [1.54, 1.807) is 11.3 Å². The highest BCUT2D eigenvalue weighted by atomic mass is 32.1. The average Bonchev–Trinajstić information content (AvgIpc) is 4.25. The lowest BCUT2D eigenvalue weighted by Gasteiger charge is -2.33. The van der Waals surface area contributed by atoms with Gasteiger partial charge in [0.1, 0.15) is 22.3 Å². The van der Waals surface area contributed by atoms with Crippen LogP contribution in [0.2, 0.25) is 0 Å². The van der Waals surface area contributed by atoms with Crippen molar-refractivity contribution in [3.63, 3.8) is 0 Å². The second-order valence-electron chi connectivity index (χ2n) is 17.7. The number of fused-ring (bicyclic) bond motifs is 9. The molecule has 0 aliphatic carbocycles.